The van der Waals surface area contributed by atoms with Crippen molar-refractivity contribution in [3.63, 3.8) is 0 Å². The van der Waals surface area contributed by atoms with Crippen LogP contribution in [0.25, 0.3) is 0 Å². The minimum atomic E-state index is -0.158. The van der Waals surface area contributed by atoms with Crippen molar-refractivity contribution in [2.24, 2.45) is 0 Å². The summed E-state index contributed by atoms with van der Waals surface area (Å²) in [5, 5.41) is 3.60. The van der Waals surface area contributed by atoms with E-state index < -0.39 is 0 Å². The van der Waals surface area contributed by atoms with Crippen molar-refractivity contribution < 1.29 is 4.39 Å². The molecule has 0 bridgehead atoms. The normalized spacial score (nSPS) is 23.5. The molecule has 0 aromatic heterocycles. The van der Waals surface area contributed by atoms with Gasteiger partial charge in [-0.15, -0.1) is 0 Å². The van der Waals surface area contributed by atoms with Gasteiger partial charge in [-0.05, 0) is 37.5 Å². The number of halogens is 1. The van der Waals surface area contributed by atoms with Crippen molar-refractivity contribution in [1.29, 1.82) is 0 Å². The number of benzene rings is 1. The third-order valence-corrected chi connectivity index (χ3v) is 4.55. The summed E-state index contributed by atoms with van der Waals surface area (Å²) in [7, 11) is 0. The molecule has 1 aliphatic heterocycles. The van der Waals surface area contributed by atoms with Crippen LogP contribution in [0.1, 0.15) is 39.2 Å². The molecule has 0 radical (unpaired) electrons. The maximum Gasteiger partial charge on any atom is 0.123 e. The zero-order valence-electron chi connectivity index (χ0n) is 12.2. The van der Waals surface area contributed by atoms with Crippen LogP contribution in [0.15, 0.2) is 24.3 Å². The molecule has 1 aromatic carbocycles. The number of nitrogens with zero attached hydrogens (tertiary/aromatic N) is 1. The third kappa shape index (κ3) is 3.15. The van der Waals surface area contributed by atoms with E-state index in [2.05, 4.69) is 31.0 Å². The first kappa shape index (κ1) is 14.5. The van der Waals surface area contributed by atoms with Gasteiger partial charge in [0.05, 0.1) is 0 Å². The van der Waals surface area contributed by atoms with Crippen LogP contribution in [-0.2, 0) is 6.54 Å². The lowest BCUT2D eigenvalue weighted by molar-refractivity contribution is 0.0278. The van der Waals surface area contributed by atoms with E-state index in [9.17, 15) is 4.39 Å². The van der Waals surface area contributed by atoms with E-state index in [1.165, 1.54) is 5.56 Å². The number of hydrogen-bond donors (Lipinski definition) is 1. The molecule has 1 fully saturated rings. The van der Waals surface area contributed by atoms with Crippen LogP contribution in [0, 0.1) is 5.82 Å². The quantitative estimate of drug-likeness (QED) is 0.898. The second kappa shape index (κ2) is 6.02. The Balaban J connectivity index is 2.16. The largest absolute Gasteiger partial charge is 0.311 e. The summed E-state index contributed by atoms with van der Waals surface area (Å²) < 4.78 is 13.0. The van der Waals surface area contributed by atoms with E-state index in [4.69, 9.17) is 0 Å². The molecule has 1 N–H and O–H groups in total. The lowest BCUT2D eigenvalue weighted by Gasteiger charge is -2.49. The van der Waals surface area contributed by atoms with Gasteiger partial charge in [0.15, 0.2) is 0 Å². The van der Waals surface area contributed by atoms with E-state index in [0.29, 0.717) is 6.04 Å². The average molecular weight is 264 g/mol. The number of hydrogen-bond acceptors (Lipinski definition) is 2. The highest BCUT2D eigenvalue weighted by Crippen LogP contribution is 2.28. The first-order chi connectivity index (χ1) is 9.09. The minimum absolute atomic E-state index is 0.158. The maximum atomic E-state index is 13.0. The molecular weight excluding hydrogens is 239 g/mol. The second-order valence-electron chi connectivity index (χ2n) is 5.72. The summed E-state index contributed by atoms with van der Waals surface area (Å²) in [5.41, 5.74) is 1.43. The molecule has 3 heteroatoms. The lowest BCUT2D eigenvalue weighted by atomic mass is 9.87. The summed E-state index contributed by atoms with van der Waals surface area (Å²) in [6.07, 6.45) is 2.29. The second-order valence-corrected chi connectivity index (χ2v) is 5.72. The Hall–Kier alpha value is -0.930. The molecule has 1 aromatic rings. The molecule has 1 heterocycles. The third-order valence-electron chi connectivity index (χ3n) is 4.55. The fourth-order valence-electron chi connectivity index (χ4n) is 3.05. The topological polar surface area (TPSA) is 15.3 Å². The number of nitrogens with one attached hydrogen (secondary N) is 1. The van der Waals surface area contributed by atoms with Gasteiger partial charge in [0.1, 0.15) is 5.82 Å². The molecule has 0 amide bonds. The highest BCUT2D eigenvalue weighted by molar-refractivity contribution is 5.17. The van der Waals surface area contributed by atoms with Gasteiger partial charge in [0.25, 0.3) is 0 Å². The summed E-state index contributed by atoms with van der Waals surface area (Å²) in [5.74, 6) is -0.158. The summed E-state index contributed by atoms with van der Waals surface area (Å²) in [6, 6.07) is 7.43. The smallest absolute Gasteiger partial charge is 0.123 e. The van der Waals surface area contributed by atoms with Gasteiger partial charge in [0, 0.05) is 31.2 Å². The molecule has 1 atom stereocenters. The maximum absolute atomic E-state index is 13.0. The van der Waals surface area contributed by atoms with E-state index in [-0.39, 0.29) is 11.4 Å². The SMILES string of the molecule is CCC1(CC)CNC(C)CN1Cc1ccc(F)cc1. The van der Waals surface area contributed by atoms with Crippen molar-refractivity contribution in [3.8, 4) is 0 Å². The Bertz CT molecular complexity index is 398. The van der Waals surface area contributed by atoms with Gasteiger partial charge >= 0.3 is 0 Å². The van der Waals surface area contributed by atoms with E-state index in [0.717, 1.165) is 32.5 Å². The zero-order valence-corrected chi connectivity index (χ0v) is 12.2. The van der Waals surface area contributed by atoms with Crippen molar-refractivity contribution in [2.45, 2.75) is 51.7 Å². The van der Waals surface area contributed by atoms with Crippen molar-refractivity contribution >= 4 is 0 Å². The Labute approximate surface area is 116 Å². The average Bonchev–Trinajstić information content (AvgIpc) is 2.42. The van der Waals surface area contributed by atoms with E-state index in [1.54, 1.807) is 12.1 Å². The fourth-order valence-corrected chi connectivity index (χ4v) is 3.05. The Morgan fingerprint density at radius 3 is 2.47 bits per heavy atom. The van der Waals surface area contributed by atoms with Gasteiger partial charge in [0.2, 0.25) is 0 Å². The lowest BCUT2D eigenvalue weighted by Crippen LogP contribution is -2.63. The number of piperazine rings is 1. The van der Waals surface area contributed by atoms with E-state index >= 15 is 0 Å². The molecule has 1 saturated heterocycles. The molecule has 2 rings (SSSR count). The molecule has 1 aliphatic rings. The highest BCUT2D eigenvalue weighted by atomic mass is 19.1. The highest BCUT2D eigenvalue weighted by Gasteiger charge is 2.37. The first-order valence-corrected chi connectivity index (χ1v) is 7.32. The van der Waals surface area contributed by atoms with Crippen LogP contribution in [0.5, 0.6) is 0 Å². The summed E-state index contributed by atoms with van der Waals surface area (Å²) in [4.78, 5) is 2.57. The summed E-state index contributed by atoms with van der Waals surface area (Å²) in [6.45, 7) is 9.76. The zero-order chi connectivity index (χ0) is 13.9. The van der Waals surface area contributed by atoms with Crippen molar-refractivity contribution in [2.75, 3.05) is 13.1 Å². The van der Waals surface area contributed by atoms with Crippen LogP contribution in [0.4, 0.5) is 4.39 Å². The summed E-state index contributed by atoms with van der Waals surface area (Å²) >= 11 is 0. The minimum Gasteiger partial charge on any atom is -0.311 e. The molecule has 0 saturated carbocycles. The molecule has 2 nitrogen and oxygen atoms in total. The van der Waals surface area contributed by atoms with Gasteiger partial charge in [-0.3, -0.25) is 4.90 Å². The van der Waals surface area contributed by atoms with E-state index in [1.807, 2.05) is 12.1 Å². The van der Waals surface area contributed by atoms with Gasteiger partial charge in [-0.25, -0.2) is 4.39 Å². The predicted molar refractivity (Wildman–Crippen MR) is 77.6 cm³/mol. The van der Waals surface area contributed by atoms with Crippen molar-refractivity contribution in [1.82, 2.24) is 10.2 Å². The Morgan fingerprint density at radius 1 is 1.26 bits per heavy atom. The number of rotatable bonds is 4. The van der Waals surface area contributed by atoms with Crippen LogP contribution in [-0.4, -0.2) is 29.6 Å². The first-order valence-electron chi connectivity index (χ1n) is 7.32. The molecule has 1 unspecified atom stereocenters. The molecule has 0 aliphatic carbocycles. The Kier molecular flexibility index (Phi) is 4.58. The van der Waals surface area contributed by atoms with Gasteiger partial charge in [-0.2, -0.15) is 0 Å². The van der Waals surface area contributed by atoms with Crippen molar-refractivity contribution in [3.05, 3.63) is 35.6 Å². The molecular formula is C16H25FN2. The molecule has 19 heavy (non-hydrogen) atoms. The van der Waals surface area contributed by atoms with Gasteiger partial charge < -0.3 is 5.32 Å². The van der Waals surface area contributed by atoms with Gasteiger partial charge in [-0.1, -0.05) is 26.0 Å². The molecule has 0 spiro atoms. The standard InChI is InChI=1S/C16H25FN2/c1-4-16(5-2)12-18-13(3)10-19(16)11-14-6-8-15(17)9-7-14/h6-9,13,18H,4-5,10-12H2,1-3H3. The fraction of sp³-hybridized carbons (Fsp3) is 0.625. The Morgan fingerprint density at radius 2 is 1.89 bits per heavy atom. The van der Waals surface area contributed by atoms with Crippen LogP contribution in [0.2, 0.25) is 0 Å². The monoisotopic (exact) mass is 264 g/mol. The van der Waals surface area contributed by atoms with Crippen LogP contribution < -0.4 is 5.32 Å². The predicted octanol–water partition coefficient (Wildman–Crippen LogP) is 3.18. The van der Waals surface area contributed by atoms with Crippen LogP contribution >= 0.6 is 0 Å². The van der Waals surface area contributed by atoms with Crippen LogP contribution in [0.3, 0.4) is 0 Å². The molecule has 106 valence electrons.